The number of aliphatic carboxylic acids is 1. The maximum absolute atomic E-state index is 12.5. The minimum atomic E-state index is -0.755. The Kier molecular flexibility index (Phi) is 6.96. The van der Waals surface area contributed by atoms with E-state index in [1.165, 1.54) is 19.3 Å². The van der Waals surface area contributed by atoms with Gasteiger partial charge in [-0.05, 0) is 105 Å². The zero-order valence-electron chi connectivity index (χ0n) is 23.5. The molecule has 2 heterocycles. The van der Waals surface area contributed by atoms with Crippen LogP contribution in [0.5, 0.6) is 0 Å². The van der Waals surface area contributed by atoms with E-state index in [0.29, 0.717) is 42.6 Å². The molecular weight excluding hydrogens is 496 g/mol. The van der Waals surface area contributed by atoms with Crippen LogP contribution in [0.1, 0.15) is 115 Å². The molecule has 5 aliphatic rings. The van der Waals surface area contributed by atoms with Crippen molar-refractivity contribution in [3.05, 3.63) is 34.4 Å². The first-order valence-corrected chi connectivity index (χ1v) is 15.4. The molecule has 214 valence electrons. The number of esters is 1. The van der Waals surface area contributed by atoms with Crippen LogP contribution >= 0.6 is 0 Å². The van der Waals surface area contributed by atoms with Gasteiger partial charge in [-0.3, -0.25) is 9.59 Å². The summed E-state index contributed by atoms with van der Waals surface area (Å²) >= 11 is 0. The van der Waals surface area contributed by atoms with E-state index in [-0.39, 0.29) is 40.6 Å². The van der Waals surface area contributed by atoms with Gasteiger partial charge in [0.25, 0.3) is 0 Å². The third-order valence-corrected chi connectivity index (χ3v) is 12.0. The fourth-order valence-corrected chi connectivity index (χ4v) is 9.97. The molecule has 5 fully saturated rings. The summed E-state index contributed by atoms with van der Waals surface area (Å²) in [5.74, 6) is 1.33. The Bertz CT molecular complexity index is 1140. The van der Waals surface area contributed by atoms with Crippen LogP contribution in [-0.2, 0) is 19.1 Å². The van der Waals surface area contributed by atoms with Gasteiger partial charge in [-0.15, -0.1) is 0 Å². The number of carbonyl (C=O) groups is 2. The highest BCUT2D eigenvalue weighted by Crippen LogP contribution is 2.78. The number of carboxylic acid groups (broad SMARTS) is 1. The first-order valence-electron chi connectivity index (χ1n) is 15.4. The summed E-state index contributed by atoms with van der Waals surface area (Å²) in [6, 6.07) is 3.52. The van der Waals surface area contributed by atoms with Gasteiger partial charge in [0.1, 0.15) is 11.7 Å². The zero-order valence-corrected chi connectivity index (χ0v) is 23.5. The van der Waals surface area contributed by atoms with Gasteiger partial charge in [-0.1, -0.05) is 26.7 Å². The van der Waals surface area contributed by atoms with Crippen molar-refractivity contribution in [2.45, 2.75) is 127 Å². The standard InChI is InChI=1S/C32H44O7/c1-30-15-13-22(38-29(36)8-6-4-3-5-7-27(33)34)17-21(30)10-11-24-23(30)14-16-31(2)25(18-26-32(24,31)39-26)20-9-12-28(35)37-19-20/h9,12,19,21-26H,3-8,10-11,13-18H2,1-2H3,(H,33,34)/t21-,22+,23?,24?,25?,26?,30+,31-,32?/m1/s1. The molecule has 4 saturated carbocycles. The van der Waals surface area contributed by atoms with Gasteiger partial charge >= 0.3 is 17.6 Å². The monoisotopic (exact) mass is 540 g/mol. The van der Waals surface area contributed by atoms with E-state index in [9.17, 15) is 14.4 Å². The van der Waals surface area contributed by atoms with Crippen molar-refractivity contribution in [3.8, 4) is 0 Å². The van der Waals surface area contributed by atoms with Gasteiger partial charge in [0, 0.05) is 24.3 Å². The van der Waals surface area contributed by atoms with Gasteiger partial charge in [0.05, 0.1) is 12.4 Å². The number of unbranched alkanes of at least 4 members (excludes halogenated alkanes) is 3. The Morgan fingerprint density at radius 1 is 0.974 bits per heavy atom. The average Bonchev–Trinajstić information content (AvgIpc) is 3.56. The van der Waals surface area contributed by atoms with Crippen LogP contribution < -0.4 is 5.63 Å². The molecular formula is C32H44O7. The quantitative estimate of drug-likeness (QED) is 0.225. The Morgan fingerprint density at radius 3 is 2.51 bits per heavy atom. The smallest absolute Gasteiger partial charge is 0.335 e. The molecule has 1 spiro atoms. The molecule has 1 aromatic rings. The third kappa shape index (κ3) is 4.47. The SMILES string of the molecule is C[C@]12CC[C@H](OC(=O)CCCCCCC(=O)O)C[C@H]1CCC1C2CC[C@]2(C)C(c3ccc(=O)oc3)CC3OC312. The van der Waals surface area contributed by atoms with Gasteiger partial charge in [0.2, 0.25) is 0 Å². The lowest BCUT2D eigenvalue weighted by atomic mass is 9.44. The maximum Gasteiger partial charge on any atom is 0.335 e. The summed E-state index contributed by atoms with van der Waals surface area (Å²) in [6.07, 6.45) is 14.6. The minimum Gasteiger partial charge on any atom is -0.481 e. The number of rotatable bonds is 9. The average molecular weight is 541 g/mol. The number of epoxide rings is 1. The molecule has 1 saturated heterocycles. The Morgan fingerprint density at radius 2 is 1.77 bits per heavy atom. The lowest BCUT2D eigenvalue weighted by Crippen LogP contribution is -2.58. The summed E-state index contributed by atoms with van der Waals surface area (Å²) in [5.41, 5.74) is 1.15. The molecule has 1 aliphatic heterocycles. The molecule has 39 heavy (non-hydrogen) atoms. The fraction of sp³-hybridized carbons (Fsp3) is 0.781. The normalized spacial score (nSPS) is 42.0. The molecule has 0 bridgehead atoms. The molecule has 5 unspecified atom stereocenters. The van der Waals surface area contributed by atoms with E-state index in [4.69, 9.17) is 19.0 Å². The van der Waals surface area contributed by atoms with Gasteiger partial charge in [-0.25, -0.2) is 4.79 Å². The first-order chi connectivity index (χ1) is 18.7. The summed E-state index contributed by atoms with van der Waals surface area (Å²) in [5, 5.41) is 8.74. The van der Waals surface area contributed by atoms with Crippen LogP contribution in [0.3, 0.4) is 0 Å². The molecule has 4 aliphatic carbocycles. The molecule has 6 rings (SSSR count). The van der Waals surface area contributed by atoms with E-state index >= 15 is 0 Å². The van der Waals surface area contributed by atoms with Crippen LogP contribution in [0.4, 0.5) is 0 Å². The number of carboxylic acids is 1. The Hall–Kier alpha value is -2.15. The minimum absolute atomic E-state index is 0.0275. The van der Waals surface area contributed by atoms with Crippen molar-refractivity contribution in [2.75, 3.05) is 0 Å². The molecule has 7 nitrogen and oxygen atoms in total. The molecule has 9 atom stereocenters. The van der Waals surface area contributed by atoms with Gasteiger partial charge in [-0.2, -0.15) is 0 Å². The largest absolute Gasteiger partial charge is 0.481 e. The van der Waals surface area contributed by atoms with E-state index in [1.54, 1.807) is 12.3 Å². The fourth-order valence-electron chi connectivity index (χ4n) is 9.97. The Labute approximate surface area is 231 Å². The van der Waals surface area contributed by atoms with Crippen molar-refractivity contribution >= 4 is 11.9 Å². The van der Waals surface area contributed by atoms with E-state index in [0.717, 1.165) is 56.9 Å². The zero-order chi connectivity index (χ0) is 27.4. The van der Waals surface area contributed by atoms with Crippen molar-refractivity contribution < 1.29 is 28.6 Å². The highest BCUT2D eigenvalue weighted by Gasteiger charge is 2.80. The van der Waals surface area contributed by atoms with Crippen LogP contribution in [0.25, 0.3) is 0 Å². The van der Waals surface area contributed by atoms with E-state index in [2.05, 4.69) is 13.8 Å². The molecule has 0 aromatic carbocycles. The summed E-state index contributed by atoms with van der Waals surface area (Å²) in [6.45, 7) is 4.95. The number of ether oxygens (including phenoxy) is 2. The second kappa shape index (κ2) is 10.0. The highest BCUT2D eigenvalue weighted by atomic mass is 16.6. The van der Waals surface area contributed by atoms with Crippen LogP contribution in [-0.4, -0.2) is 34.9 Å². The predicted octanol–water partition coefficient (Wildman–Crippen LogP) is 6.23. The van der Waals surface area contributed by atoms with Crippen molar-refractivity contribution in [3.63, 3.8) is 0 Å². The van der Waals surface area contributed by atoms with Gasteiger partial charge in [0.15, 0.2) is 0 Å². The lowest BCUT2D eigenvalue weighted by Gasteiger charge is -2.61. The Balaban J connectivity index is 1.06. The summed E-state index contributed by atoms with van der Waals surface area (Å²) < 4.78 is 17.9. The molecule has 1 N–H and O–H groups in total. The number of carbonyl (C=O) groups excluding carboxylic acids is 1. The van der Waals surface area contributed by atoms with Crippen molar-refractivity contribution in [1.29, 1.82) is 0 Å². The summed E-state index contributed by atoms with van der Waals surface area (Å²) in [4.78, 5) is 34.7. The second-order valence-corrected chi connectivity index (χ2v) is 13.7. The number of hydrogen-bond donors (Lipinski definition) is 1. The summed E-state index contributed by atoms with van der Waals surface area (Å²) in [7, 11) is 0. The van der Waals surface area contributed by atoms with E-state index in [1.807, 2.05) is 6.07 Å². The van der Waals surface area contributed by atoms with Crippen molar-refractivity contribution in [1.82, 2.24) is 0 Å². The topological polar surface area (TPSA) is 106 Å². The van der Waals surface area contributed by atoms with Gasteiger partial charge < -0.3 is 19.0 Å². The van der Waals surface area contributed by atoms with Crippen LogP contribution in [0.2, 0.25) is 0 Å². The second-order valence-electron chi connectivity index (χ2n) is 13.7. The molecule has 7 heteroatoms. The van der Waals surface area contributed by atoms with Crippen molar-refractivity contribution in [2.24, 2.45) is 28.6 Å². The maximum atomic E-state index is 12.5. The van der Waals surface area contributed by atoms with Crippen LogP contribution in [0, 0.1) is 28.6 Å². The number of hydrogen-bond acceptors (Lipinski definition) is 6. The lowest BCUT2D eigenvalue weighted by molar-refractivity contribution is -0.164. The first kappa shape index (κ1) is 27.0. The highest BCUT2D eigenvalue weighted by molar-refractivity contribution is 5.69. The predicted molar refractivity (Wildman–Crippen MR) is 144 cm³/mol. The molecule has 0 amide bonds. The van der Waals surface area contributed by atoms with E-state index < -0.39 is 5.97 Å². The van der Waals surface area contributed by atoms with Crippen LogP contribution in [0.15, 0.2) is 27.6 Å². The third-order valence-electron chi connectivity index (χ3n) is 12.0. The molecule has 0 radical (unpaired) electrons. The molecule has 1 aromatic heterocycles. The number of fused-ring (bicyclic) bond motifs is 3.